The van der Waals surface area contributed by atoms with Gasteiger partial charge in [-0.3, -0.25) is 9.89 Å². The molecule has 1 amide bonds. The van der Waals surface area contributed by atoms with Gasteiger partial charge in [-0.1, -0.05) is 30.3 Å². The zero-order chi connectivity index (χ0) is 18.5. The van der Waals surface area contributed by atoms with Crippen molar-refractivity contribution >= 4 is 33.2 Å². The molecule has 0 aliphatic heterocycles. The topological polar surface area (TPSA) is 93.0 Å². The monoisotopic (exact) mass is 434 g/mol. The number of H-pyrrole nitrogens is 1. The fraction of sp³-hybridized carbons (Fsp3) is 0.222. The summed E-state index contributed by atoms with van der Waals surface area (Å²) in [6, 6.07) is 11.6. The highest BCUT2D eigenvalue weighted by Crippen LogP contribution is 2.44. The zero-order valence-corrected chi connectivity index (χ0v) is 16.6. The van der Waals surface area contributed by atoms with Crippen molar-refractivity contribution in [2.45, 2.75) is 12.5 Å². The second-order valence-electron chi connectivity index (χ2n) is 5.67. The van der Waals surface area contributed by atoms with Crippen molar-refractivity contribution in [2.75, 3.05) is 13.7 Å². The predicted octanol–water partition coefficient (Wildman–Crippen LogP) is 3.21. The van der Waals surface area contributed by atoms with E-state index < -0.39 is 0 Å². The number of halogens is 1. The molecule has 0 fully saturated rings. The average molecular weight is 435 g/mol. The van der Waals surface area contributed by atoms with Gasteiger partial charge >= 0.3 is 0 Å². The number of amides is 1. The van der Waals surface area contributed by atoms with Gasteiger partial charge < -0.3 is 15.8 Å². The molecule has 0 spiro atoms. The van der Waals surface area contributed by atoms with Gasteiger partial charge in [0.15, 0.2) is 5.75 Å². The standard InChI is InChI=1S/C18H19BrN4O2S/c1-25-15-14(19)16(13-7-8-21-23-13)26-17(15)18(24)22-12(10-20)9-11-5-3-2-4-6-11/h2-8,12H,9-10,20H2,1H3,(H,21,23)(H,22,24). The molecule has 0 bridgehead atoms. The van der Waals surface area contributed by atoms with Gasteiger partial charge in [-0.15, -0.1) is 11.3 Å². The summed E-state index contributed by atoms with van der Waals surface area (Å²) >= 11 is 4.86. The summed E-state index contributed by atoms with van der Waals surface area (Å²) in [5.74, 6) is 0.303. The highest BCUT2D eigenvalue weighted by atomic mass is 79.9. The van der Waals surface area contributed by atoms with E-state index in [0.29, 0.717) is 23.6 Å². The van der Waals surface area contributed by atoms with Crippen LogP contribution in [0.1, 0.15) is 15.2 Å². The number of carbonyl (C=O) groups is 1. The van der Waals surface area contributed by atoms with Gasteiger partial charge in [-0.2, -0.15) is 5.10 Å². The van der Waals surface area contributed by atoms with Crippen molar-refractivity contribution in [1.82, 2.24) is 15.5 Å². The Morgan fingerprint density at radius 1 is 1.38 bits per heavy atom. The van der Waals surface area contributed by atoms with Crippen molar-refractivity contribution in [3.05, 3.63) is 57.5 Å². The van der Waals surface area contributed by atoms with Crippen molar-refractivity contribution in [3.63, 3.8) is 0 Å². The molecule has 0 saturated carbocycles. The molecule has 2 aromatic heterocycles. The van der Waals surface area contributed by atoms with E-state index >= 15 is 0 Å². The minimum Gasteiger partial charge on any atom is -0.494 e. The third-order valence-electron chi connectivity index (χ3n) is 3.91. The fourth-order valence-corrected chi connectivity index (χ4v) is 4.61. The highest BCUT2D eigenvalue weighted by Gasteiger charge is 2.25. The first-order valence-corrected chi connectivity index (χ1v) is 9.65. The van der Waals surface area contributed by atoms with E-state index in [9.17, 15) is 4.79 Å². The lowest BCUT2D eigenvalue weighted by atomic mass is 10.1. The van der Waals surface area contributed by atoms with Gasteiger partial charge in [0, 0.05) is 18.8 Å². The normalized spacial score (nSPS) is 12.0. The number of benzene rings is 1. The largest absolute Gasteiger partial charge is 0.494 e. The number of aromatic amines is 1. The number of hydrogen-bond acceptors (Lipinski definition) is 5. The van der Waals surface area contributed by atoms with Crippen LogP contribution in [0.25, 0.3) is 10.6 Å². The molecule has 136 valence electrons. The van der Waals surface area contributed by atoms with Gasteiger partial charge in [-0.05, 0) is 34.0 Å². The number of carbonyl (C=O) groups excluding carboxylic acids is 1. The summed E-state index contributed by atoms with van der Waals surface area (Å²) in [6.45, 7) is 0.350. The summed E-state index contributed by atoms with van der Waals surface area (Å²) in [7, 11) is 1.55. The number of hydrogen-bond donors (Lipinski definition) is 3. The number of aromatic nitrogens is 2. The Hall–Kier alpha value is -2.16. The van der Waals surface area contributed by atoms with Crippen LogP contribution in [0.15, 0.2) is 47.1 Å². The summed E-state index contributed by atoms with van der Waals surface area (Å²) in [4.78, 5) is 14.2. The van der Waals surface area contributed by atoms with Crippen LogP contribution >= 0.6 is 27.3 Å². The van der Waals surface area contributed by atoms with Gasteiger partial charge in [0.2, 0.25) is 0 Å². The number of thiophene rings is 1. The number of ether oxygens (including phenoxy) is 1. The molecule has 6 nitrogen and oxygen atoms in total. The van der Waals surface area contributed by atoms with Crippen molar-refractivity contribution < 1.29 is 9.53 Å². The second-order valence-corrected chi connectivity index (χ2v) is 7.49. The number of nitrogens with zero attached hydrogens (tertiary/aromatic N) is 1. The van der Waals surface area contributed by atoms with E-state index in [1.165, 1.54) is 11.3 Å². The second kappa shape index (κ2) is 8.48. The quantitative estimate of drug-likeness (QED) is 0.532. The Morgan fingerprint density at radius 2 is 2.15 bits per heavy atom. The van der Waals surface area contributed by atoms with E-state index in [1.54, 1.807) is 13.3 Å². The predicted molar refractivity (Wildman–Crippen MR) is 107 cm³/mol. The molecular formula is C18H19BrN4O2S. The third kappa shape index (κ3) is 3.98. The molecule has 0 radical (unpaired) electrons. The molecule has 1 unspecified atom stereocenters. The van der Waals surface area contributed by atoms with Gasteiger partial charge in [0.1, 0.15) is 4.88 Å². The lowest BCUT2D eigenvalue weighted by Gasteiger charge is -2.17. The van der Waals surface area contributed by atoms with E-state index in [0.717, 1.165) is 20.6 Å². The molecule has 1 atom stereocenters. The lowest BCUT2D eigenvalue weighted by molar-refractivity contribution is 0.0939. The first-order valence-electron chi connectivity index (χ1n) is 8.05. The minimum absolute atomic E-state index is 0.161. The van der Waals surface area contributed by atoms with Crippen molar-refractivity contribution in [2.24, 2.45) is 5.73 Å². The molecule has 0 aliphatic rings. The first-order chi connectivity index (χ1) is 12.6. The molecular weight excluding hydrogens is 416 g/mol. The smallest absolute Gasteiger partial charge is 0.265 e. The number of rotatable bonds is 7. The zero-order valence-electron chi connectivity index (χ0n) is 14.2. The van der Waals surface area contributed by atoms with E-state index in [2.05, 4.69) is 31.4 Å². The van der Waals surface area contributed by atoms with Crippen LogP contribution < -0.4 is 15.8 Å². The summed E-state index contributed by atoms with van der Waals surface area (Å²) in [5.41, 5.74) is 7.81. The van der Waals surface area contributed by atoms with Crippen LogP contribution in [0.4, 0.5) is 0 Å². The van der Waals surface area contributed by atoms with Gasteiger partial charge in [0.25, 0.3) is 5.91 Å². The van der Waals surface area contributed by atoms with Crippen LogP contribution in [0.3, 0.4) is 0 Å². The molecule has 8 heteroatoms. The first kappa shape index (κ1) is 18.6. The Bertz CT molecular complexity index is 865. The van der Waals surface area contributed by atoms with Crippen LogP contribution in [0, 0.1) is 0 Å². The molecule has 26 heavy (non-hydrogen) atoms. The van der Waals surface area contributed by atoms with Crippen LogP contribution in [-0.4, -0.2) is 35.8 Å². The maximum Gasteiger partial charge on any atom is 0.265 e. The van der Waals surface area contributed by atoms with Crippen LogP contribution in [0.5, 0.6) is 5.75 Å². The van der Waals surface area contributed by atoms with E-state index in [1.807, 2.05) is 36.4 Å². The Balaban J connectivity index is 1.81. The molecule has 2 heterocycles. The van der Waals surface area contributed by atoms with E-state index in [-0.39, 0.29) is 11.9 Å². The summed E-state index contributed by atoms with van der Waals surface area (Å²) < 4.78 is 6.18. The van der Waals surface area contributed by atoms with E-state index in [4.69, 9.17) is 10.5 Å². The third-order valence-corrected chi connectivity index (χ3v) is 6.13. The Morgan fingerprint density at radius 3 is 2.77 bits per heavy atom. The maximum absolute atomic E-state index is 12.8. The molecule has 4 N–H and O–H groups in total. The number of methoxy groups -OCH3 is 1. The van der Waals surface area contributed by atoms with Crippen LogP contribution in [-0.2, 0) is 6.42 Å². The minimum atomic E-state index is -0.204. The summed E-state index contributed by atoms with van der Waals surface area (Å²) in [6.07, 6.45) is 2.34. The Kier molecular flexibility index (Phi) is 6.08. The molecule has 3 rings (SSSR count). The number of nitrogens with one attached hydrogen (secondary N) is 2. The number of nitrogens with two attached hydrogens (primary N) is 1. The van der Waals surface area contributed by atoms with Gasteiger partial charge in [0.05, 0.1) is 22.2 Å². The maximum atomic E-state index is 12.8. The summed E-state index contributed by atoms with van der Waals surface area (Å²) in [5, 5.41) is 9.88. The van der Waals surface area contributed by atoms with Crippen LogP contribution in [0.2, 0.25) is 0 Å². The average Bonchev–Trinajstić information content (AvgIpc) is 3.29. The fourth-order valence-electron chi connectivity index (χ4n) is 2.63. The molecule has 0 saturated heterocycles. The molecule has 0 aliphatic carbocycles. The lowest BCUT2D eigenvalue weighted by Crippen LogP contribution is -2.41. The molecule has 1 aromatic carbocycles. The SMILES string of the molecule is COc1c(C(=O)NC(CN)Cc2ccccc2)sc(-c2ccn[nH]2)c1Br. The highest BCUT2D eigenvalue weighted by molar-refractivity contribution is 9.10. The van der Waals surface area contributed by atoms with Crippen molar-refractivity contribution in [1.29, 1.82) is 0 Å². The van der Waals surface area contributed by atoms with Crippen molar-refractivity contribution in [3.8, 4) is 16.3 Å². The van der Waals surface area contributed by atoms with Gasteiger partial charge in [-0.25, -0.2) is 0 Å². The molecule has 3 aromatic rings. The Labute approximate surface area is 163 Å².